The summed E-state index contributed by atoms with van der Waals surface area (Å²) in [6.45, 7) is 4.64. The highest BCUT2D eigenvalue weighted by Gasteiger charge is 2.23. The van der Waals surface area contributed by atoms with Gasteiger partial charge in [0.1, 0.15) is 5.82 Å². The first-order valence-corrected chi connectivity index (χ1v) is 9.43. The number of aromatic nitrogens is 4. The normalized spacial score (nSPS) is 17.7. The highest BCUT2D eigenvalue weighted by Crippen LogP contribution is 2.23. The van der Waals surface area contributed by atoms with E-state index < -0.39 is 0 Å². The summed E-state index contributed by atoms with van der Waals surface area (Å²) < 4.78 is 8.09. The number of hydrogen-bond donors (Lipinski definition) is 0. The predicted molar refractivity (Wildman–Crippen MR) is 101 cm³/mol. The van der Waals surface area contributed by atoms with E-state index in [0.717, 1.165) is 61.6 Å². The van der Waals surface area contributed by atoms with Gasteiger partial charge in [-0.1, -0.05) is 19.4 Å². The molecule has 0 N–H and O–H groups in total. The van der Waals surface area contributed by atoms with Gasteiger partial charge in [0.05, 0.1) is 24.6 Å². The lowest BCUT2D eigenvalue weighted by Crippen LogP contribution is -2.40. The Labute approximate surface area is 153 Å². The summed E-state index contributed by atoms with van der Waals surface area (Å²) in [7, 11) is 0. The molecule has 0 radical (unpaired) electrons. The van der Waals surface area contributed by atoms with Crippen molar-refractivity contribution >= 4 is 11.5 Å². The molecule has 1 atom stereocenters. The largest absolute Gasteiger partial charge is 0.370 e. The van der Waals surface area contributed by atoms with E-state index in [9.17, 15) is 0 Å². The Balaban J connectivity index is 1.50. The van der Waals surface area contributed by atoms with Gasteiger partial charge in [-0.25, -0.2) is 4.98 Å². The summed E-state index contributed by atoms with van der Waals surface area (Å²) in [6.07, 6.45) is 8.11. The standard InChI is InChI=1S/C20H25N5O/c1-2-6-16-13-20(25-19(23-16)9-11-22-25)24-12-5-8-18(14-24)26-15-17-7-3-4-10-21-17/h3-4,7,9-11,13,18H,2,5-6,8,12,14-15H2,1H3/t18-/m1/s1. The fourth-order valence-electron chi connectivity index (χ4n) is 3.53. The third-order valence-electron chi connectivity index (χ3n) is 4.79. The number of fused-ring (bicyclic) bond motifs is 1. The van der Waals surface area contributed by atoms with Gasteiger partial charge in [0, 0.05) is 37.1 Å². The van der Waals surface area contributed by atoms with Crippen LogP contribution in [0.4, 0.5) is 5.82 Å². The van der Waals surface area contributed by atoms with Crippen molar-refractivity contribution in [3.05, 3.63) is 54.1 Å². The Bertz CT molecular complexity index is 848. The smallest absolute Gasteiger partial charge is 0.157 e. The molecule has 3 aromatic heterocycles. The lowest BCUT2D eigenvalue weighted by Gasteiger charge is -2.34. The van der Waals surface area contributed by atoms with Crippen LogP contribution in [0.5, 0.6) is 0 Å². The van der Waals surface area contributed by atoms with E-state index >= 15 is 0 Å². The highest BCUT2D eigenvalue weighted by atomic mass is 16.5. The molecule has 26 heavy (non-hydrogen) atoms. The van der Waals surface area contributed by atoms with Crippen LogP contribution in [0.15, 0.2) is 42.7 Å². The van der Waals surface area contributed by atoms with E-state index in [2.05, 4.69) is 28.0 Å². The minimum atomic E-state index is 0.208. The van der Waals surface area contributed by atoms with Gasteiger partial charge in [0.2, 0.25) is 0 Å². The van der Waals surface area contributed by atoms with Gasteiger partial charge in [0.25, 0.3) is 0 Å². The van der Waals surface area contributed by atoms with Crippen LogP contribution in [0.1, 0.15) is 37.6 Å². The van der Waals surface area contributed by atoms with Gasteiger partial charge in [0.15, 0.2) is 5.65 Å². The first kappa shape index (κ1) is 17.0. The second-order valence-corrected chi connectivity index (χ2v) is 6.80. The zero-order valence-corrected chi connectivity index (χ0v) is 15.2. The maximum Gasteiger partial charge on any atom is 0.157 e. The quantitative estimate of drug-likeness (QED) is 0.682. The summed E-state index contributed by atoms with van der Waals surface area (Å²) in [4.78, 5) is 11.4. The molecule has 0 bridgehead atoms. The van der Waals surface area contributed by atoms with E-state index in [0.29, 0.717) is 6.61 Å². The van der Waals surface area contributed by atoms with Gasteiger partial charge in [-0.15, -0.1) is 0 Å². The lowest BCUT2D eigenvalue weighted by atomic mass is 10.1. The molecular formula is C20H25N5O. The maximum absolute atomic E-state index is 6.14. The van der Waals surface area contributed by atoms with Crippen molar-refractivity contribution in [2.75, 3.05) is 18.0 Å². The van der Waals surface area contributed by atoms with Crippen LogP contribution in [0, 0.1) is 0 Å². The maximum atomic E-state index is 6.14. The van der Waals surface area contributed by atoms with E-state index in [1.165, 1.54) is 0 Å². The van der Waals surface area contributed by atoms with Crippen molar-refractivity contribution in [2.45, 2.75) is 45.3 Å². The molecule has 6 heteroatoms. The molecule has 3 aromatic rings. The van der Waals surface area contributed by atoms with E-state index in [-0.39, 0.29) is 6.10 Å². The Morgan fingerprint density at radius 1 is 1.19 bits per heavy atom. The van der Waals surface area contributed by atoms with Crippen LogP contribution in [-0.2, 0) is 17.8 Å². The fraction of sp³-hybridized carbons (Fsp3) is 0.450. The number of rotatable bonds is 6. The Morgan fingerprint density at radius 3 is 3.00 bits per heavy atom. The summed E-state index contributed by atoms with van der Waals surface area (Å²) in [5, 5.41) is 4.48. The average Bonchev–Trinajstić information content (AvgIpc) is 3.16. The molecular weight excluding hydrogens is 326 g/mol. The number of aryl methyl sites for hydroxylation is 1. The topological polar surface area (TPSA) is 55.5 Å². The average molecular weight is 351 g/mol. The van der Waals surface area contributed by atoms with Crippen LogP contribution < -0.4 is 4.90 Å². The summed E-state index contributed by atoms with van der Waals surface area (Å²) >= 11 is 0. The van der Waals surface area contributed by atoms with E-state index in [1.807, 2.05) is 41.2 Å². The van der Waals surface area contributed by atoms with Crippen molar-refractivity contribution in [3.8, 4) is 0 Å². The molecule has 1 aliphatic rings. The molecule has 0 spiro atoms. The van der Waals surface area contributed by atoms with E-state index in [1.54, 1.807) is 0 Å². The Morgan fingerprint density at radius 2 is 2.15 bits per heavy atom. The summed E-state index contributed by atoms with van der Waals surface area (Å²) in [6, 6.07) is 10.1. The van der Waals surface area contributed by atoms with Crippen LogP contribution in [0.3, 0.4) is 0 Å². The summed E-state index contributed by atoms with van der Waals surface area (Å²) in [5.41, 5.74) is 3.03. The van der Waals surface area contributed by atoms with Gasteiger partial charge < -0.3 is 9.64 Å². The second kappa shape index (κ2) is 7.83. The number of hydrogen-bond acceptors (Lipinski definition) is 5. The molecule has 4 rings (SSSR count). The Kier molecular flexibility index (Phi) is 5.11. The van der Waals surface area contributed by atoms with Crippen LogP contribution in [0.25, 0.3) is 5.65 Å². The van der Waals surface area contributed by atoms with Crippen LogP contribution >= 0.6 is 0 Å². The number of nitrogens with zero attached hydrogens (tertiary/aromatic N) is 5. The summed E-state index contributed by atoms with van der Waals surface area (Å²) in [5.74, 6) is 1.12. The molecule has 136 valence electrons. The van der Waals surface area contributed by atoms with Crippen molar-refractivity contribution in [2.24, 2.45) is 0 Å². The molecule has 1 fully saturated rings. The van der Waals surface area contributed by atoms with Crippen molar-refractivity contribution < 1.29 is 4.74 Å². The third kappa shape index (κ3) is 3.70. The SMILES string of the molecule is CCCc1cc(N2CCC[C@@H](OCc3ccccn3)C2)n2nccc2n1. The van der Waals surface area contributed by atoms with Gasteiger partial charge in [-0.2, -0.15) is 9.61 Å². The monoisotopic (exact) mass is 351 g/mol. The zero-order valence-electron chi connectivity index (χ0n) is 15.2. The zero-order chi connectivity index (χ0) is 17.8. The molecule has 1 saturated heterocycles. The number of anilines is 1. The molecule has 0 saturated carbocycles. The third-order valence-corrected chi connectivity index (χ3v) is 4.79. The number of pyridine rings is 1. The number of ether oxygens (including phenoxy) is 1. The minimum absolute atomic E-state index is 0.208. The van der Waals surface area contributed by atoms with Crippen molar-refractivity contribution in [1.29, 1.82) is 0 Å². The molecule has 4 heterocycles. The van der Waals surface area contributed by atoms with Crippen LogP contribution in [0.2, 0.25) is 0 Å². The van der Waals surface area contributed by atoms with E-state index in [4.69, 9.17) is 9.72 Å². The van der Waals surface area contributed by atoms with Crippen LogP contribution in [-0.4, -0.2) is 38.8 Å². The van der Waals surface area contributed by atoms with Gasteiger partial charge in [-0.3, -0.25) is 4.98 Å². The molecule has 6 nitrogen and oxygen atoms in total. The number of piperidine rings is 1. The molecule has 0 amide bonds. The highest BCUT2D eigenvalue weighted by molar-refractivity contribution is 5.51. The molecule has 0 aromatic carbocycles. The predicted octanol–water partition coefficient (Wildman–Crippen LogP) is 3.26. The molecule has 1 aliphatic heterocycles. The lowest BCUT2D eigenvalue weighted by molar-refractivity contribution is 0.0296. The minimum Gasteiger partial charge on any atom is -0.370 e. The fourth-order valence-corrected chi connectivity index (χ4v) is 3.53. The second-order valence-electron chi connectivity index (χ2n) is 6.80. The first-order valence-electron chi connectivity index (χ1n) is 9.43. The Hall–Kier alpha value is -2.47. The molecule has 0 aliphatic carbocycles. The van der Waals surface area contributed by atoms with Gasteiger partial charge >= 0.3 is 0 Å². The molecule has 0 unspecified atom stereocenters. The van der Waals surface area contributed by atoms with Crippen molar-refractivity contribution in [1.82, 2.24) is 19.6 Å². The van der Waals surface area contributed by atoms with Crippen molar-refractivity contribution in [3.63, 3.8) is 0 Å². The van der Waals surface area contributed by atoms with Gasteiger partial charge in [-0.05, 0) is 31.4 Å². The first-order chi connectivity index (χ1) is 12.8.